The van der Waals surface area contributed by atoms with Gasteiger partial charge in [-0.3, -0.25) is 14.8 Å². The van der Waals surface area contributed by atoms with Crippen LogP contribution in [0.3, 0.4) is 0 Å². The third-order valence-corrected chi connectivity index (χ3v) is 9.70. The molecule has 2 heterocycles. The fraction of sp³-hybridized carbons (Fsp3) is 0.500. The molecule has 0 radical (unpaired) electrons. The summed E-state index contributed by atoms with van der Waals surface area (Å²) < 4.78 is 13.3. The molecule has 9 heteroatoms. The van der Waals surface area contributed by atoms with Gasteiger partial charge in [0.15, 0.2) is 6.29 Å². The Kier molecular flexibility index (Phi) is 14.6. The number of hydrogen-bond acceptors (Lipinski definition) is 7. The molecule has 0 unspecified atom stereocenters. The number of aliphatic hydroxyl groups excluding tert-OH is 1. The lowest BCUT2D eigenvalue weighted by atomic mass is 9.97. The maximum Gasteiger partial charge on any atom is 0.243 e. The Labute approximate surface area is 291 Å². The maximum atomic E-state index is 12.6. The van der Waals surface area contributed by atoms with Crippen LogP contribution >= 0.6 is 0 Å². The number of hydrogen-bond donors (Lipinski definition) is 4. The van der Waals surface area contributed by atoms with E-state index in [1.165, 1.54) is 32.1 Å². The standard InChI is InChI=1S/C40H53N3O6/c44-29-30-16-18-32(19-17-30)37-26-35(28-43-24-10-4-1-5-11-25-43)48-40(49-37)33-22-20-31(21-23-33)36-13-9-8-12-34(36)27-41-38(45)14-6-2-3-7-15-39(46)42-47/h8-9,12-13,16-23,35,37,40,44,47H,1-7,10-11,14-15,24-29H2,(H,41,45)(H,42,46)/t35-,37+,40+/m0/s1. The Balaban J connectivity index is 1.21. The molecule has 3 aromatic carbocycles. The molecule has 2 aliphatic heterocycles. The Hall–Kier alpha value is -3.60. The first-order valence-corrected chi connectivity index (χ1v) is 18.1. The number of likely N-dealkylation sites (tertiary alicyclic amines) is 1. The summed E-state index contributed by atoms with van der Waals surface area (Å²) in [6.45, 7) is 3.59. The van der Waals surface area contributed by atoms with Crippen LogP contribution in [0, 0.1) is 0 Å². The van der Waals surface area contributed by atoms with E-state index >= 15 is 0 Å². The molecule has 5 rings (SSSR count). The van der Waals surface area contributed by atoms with Gasteiger partial charge in [0, 0.05) is 37.9 Å². The molecule has 3 aromatic rings. The minimum atomic E-state index is -0.494. The molecule has 0 spiro atoms. The number of nitrogens with one attached hydrogen (secondary N) is 2. The van der Waals surface area contributed by atoms with Crippen molar-refractivity contribution in [3.8, 4) is 11.1 Å². The molecule has 2 aliphatic rings. The molecule has 2 saturated heterocycles. The van der Waals surface area contributed by atoms with Crippen molar-refractivity contribution in [1.82, 2.24) is 15.7 Å². The minimum absolute atomic E-state index is 0.00990. The van der Waals surface area contributed by atoms with E-state index in [1.807, 2.05) is 30.3 Å². The van der Waals surface area contributed by atoms with E-state index in [0.29, 0.717) is 25.8 Å². The van der Waals surface area contributed by atoms with E-state index in [1.54, 1.807) is 5.48 Å². The normalized spacial score (nSPS) is 20.2. The van der Waals surface area contributed by atoms with E-state index in [0.717, 1.165) is 78.7 Å². The molecule has 4 N–H and O–H groups in total. The van der Waals surface area contributed by atoms with Crippen LogP contribution in [0.2, 0.25) is 0 Å². The molecule has 0 aliphatic carbocycles. The third kappa shape index (κ3) is 11.5. The molecule has 0 bridgehead atoms. The first-order chi connectivity index (χ1) is 24.0. The first kappa shape index (κ1) is 36.7. The molecule has 3 atom stereocenters. The highest BCUT2D eigenvalue weighted by atomic mass is 16.7. The van der Waals surface area contributed by atoms with Gasteiger partial charge in [-0.15, -0.1) is 0 Å². The van der Waals surface area contributed by atoms with E-state index in [2.05, 4.69) is 52.7 Å². The van der Waals surface area contributed by atoms with Gasteiger partial charge in [0.05, 0.1) is 18.8 Å². The molecule has 0 aromatic heterocycles. The van der Waals surface area contributed by atoms with Crippen LogP contribution in [0.4, 0.5) is 0 Å². The molecule has 0 saturated carbocycles. The minimum Gasteiger partial charge on any atom is -0.392 e. The lowest BCUT2D eigenvalue weighted by molar-refractivity contribution is -0.253. The average Bonchev–Trinajstić information content (AvgIpc) is 3.13. The van der Waals surface area contributed by atoms with Gasteiger partial charge in [-0.25, -0.2) is 5.48 Å². The summed E-state index contributed by atoms with van der Waals surface area (Å²) in [5.74, 6) is -0.366. The largest absolute Gasteiger partial charge is 0.392 e. The molecule has 264 valence electrons. The predicted molar refractivity (Wildman–Crippen MR) is 189 cm³/mol. The Morgan fingerprint density at radius 3 is 2.10 bits per heavy atom. The van der Waals surface area contributed by atoms with Crippen molar-refractivity contribution in [3.63, 3.8) is 0 Å². The lowest BCUT2D eigenvalue weighted by Crippen LogP contribution is -2.40. The summed E-state index contributed by atoms with van der Waals surface area (Å²) >= 11 is 0. The molecule has 9 nitrogen and oxygen atoms in total. The molecular formula is C40H53N3O6. The summed E-state index contributed by atoms with van der Waals surface area (Å²) in [4.78, 5) is 26.3. The second-order valence-electron chi connectivity index (χ2n) is 13.4. The van der Waals surface area contributed by atoms with Crippen LogP contribution in [0.25, 0.3) is 11.1 Å². The SMILES string of the molecule is O=C(CCCCCCC(=O)NCc1ccccc1-c1ccc([C@@H]2O[C@H](CN3CCCCCCC3)C[C@H](c3ccc(CO)cc3)O2)cc1)NO. The van der Waals surface area contributed by atoms with Crippen molar-refractivity contribution in [1.29, 1.82) is 0 Å². The van der Waals surface area contributed by atoms with Crippen molar-refractivity contribution >= 4 is 11.8 Å². The number of nitrogens with zero attached hydrogens (tertiary/aromatic N) is 1. The fourth-order valence-corrected chi connectivity index (χ4v) is 6.86. The number of carbonyl (C=O) groups excluding carboxylic acids is 2. The monoisotopic (exact) mass is 671 g/mol. The van der Waals surface area contributed by atoms with E-state index in [-0.39, 0.29) is 30.6 Å². The third-order valence-electron chi connectivity index (χ3n) is 9.70. The van der Waals surface area contributed by atoms with E-state index < -0.39 is 6.29 Å². The van der Waals surface area contributed by atoms with Crippen LogP contribution in [0.5, 0.6) is 0 Å². The zero-order chi connectivity index (χ0) is 34.3. The first-order valence-electron chi connectivity index (χ1n) is 18.1. The smallest absolute Gasteiger partial charge is 0.243 e. The highest BCUT2D eigenvalue weighted by molar-refractivity contribution is 5.76. The predicted octanol–water partition coefficient (Wildman–Crippen LogP) is 7.12. The quantitative estimate of drug-likeness (QED) is 0.0772. The summed E-state index contributed by atoms with van der Waals surface area (Å²) in [7, 11) is 0. The van der Waals surface area contributed by atoms with Crippen molar-refractivity contribution in [2.24, 2.45) is 0 Å². The Morgan fingerprint density at radius 1 is 0.755 bits per heavy atom. The summed E-state index contributed by atoms with van der Waals surface area (Å²) in [6.07, 6.45) is 10.5. The highest BCUT2D eigenvalue weighted by Gasteiger charge is 2.33. The Morgan fingerprint density at radius 2 is 1.41 bits per heavy atom. The zero-order valence-electron chi connectivity index (χ0n) is 28.7. The van der Waals surface area contributed by atoms with E-state index in [9.17, 15) is 14.7 Å². The number of carbonyl (C=O) groups is 2. The van der Waals surface area contributed by atoms with Crippen molar-refractivity contribution in [2.45, 2.75) is 109 Å². The summed E-state index contributed by atoms with van der Waals surface area (Å²) in [5.41, 5.74) is 7.78. The molecule has 2 fully saturated rings. The van der Waals surface area contributed by atoms with Gasteiger partial charge in [-0.05, 0) is 66.6 Å². The van der Waals surface area contributed by atoms with Crippen molar-refractivity contribution in [3.05, 3.63) is 95.1 Å². The van der Waals surface area contributed by atoms with Gasteiger partial charge >= 0.3 is 0 Å². The fourth-order valence-electron chi connectivity index (χ4n) is 6.86. The molecule has 49 heavy (non-hydrogen) atoms. The number of hydroxylamine groups is 1. The molecular weight excluding hydrogens is 618 g/mol. The van der Waals surface area contributed by atoms with Crippen molar-refractivity contribution in [2.75, 3.05) is 19.6 Å². The second kappa shape index (κ2) is 19.6. The van der Waals surface area contributed by atoms with Gasteiger partial charge in [0.25, 0.3) is 0 Å². The second-order valence-corrected chi connectivity index (χ2v) is 13.4. The number of rotatable bonds is 15. The zero-order valence-corrected chi connectivity index (χ0v) is 28.7. The number of amides is 2. The highest BCUT2D eigenvalue weighted by Crippen LogP contribution is 2.39. The topological polar surface area (TPSA) is 120 Å². The lowest BCUT2D eigenvalue weighted by Gasteiger charge is -2.39. The average molecular weight is 672 g/mol. The van der Waals surface area contributed by atoms with Gasteiger partial charge in [0.1, 0.15) is 0 Å². The number of unbranched alkanes of at least 4 members (excludes halogenated alkanes) is 3. The van der Waals surface area contributed by atoms with Crippen LogP contribution in [-0.2, 0) is 32.2 Å². The van der Waals surface area contributed by atoms with Gasteiger partial charge in [-0.1, -0.05) is 105 Å². The van der Waals surface area contributed by atoms with Crippen LogP contribution < -0.4 is 10.8 Å². The number of benzene rings is 3. The van der Waals surface area contributed by atoms with Crippen LogP contribution in [-0.4, -0.2) is 52.8 Å². The molecule has 2 amide bonds. The number of ether oxygens (including phenoxy) is 2. The van der Waals surface area contributed by atoms with Crippen LogP contribution in [0.1, 0.15) is 112 Å². The van der Waals surface area contributed by atoms with Crippen molar-refractivity contribution < 1.29 is 29.4 Å². The van der Waals surface area contributed by atoms with E-state index in [4.69, 9.17) is 14.7 Å². The van der Waals surface area contributed by atoms with Gasteiger partial charge in [-0.2, -0.15) is 0 Å². The Bertz CT molecular complexity index is 1440. The van der Waals surface area contributed by atoms with Crippen LogP contribution in [0.15, 0.2) is 72.8 Å². The number of aliphatic hydroxyl groups is 1. The van der Waals surface area contributed by atoms with Gasteiger partial charge in [0.2, 0.25) is 11.8 Å². The summed E-state index contributed by atoms with van der Waals surface area (Å²) in [5, 5.41) is 21.2. The van der Waals surface area contributed by atoms with Gasteiger partial charge < -0.3 is 24.8 Å². The maximum absolute atomic E-state index is 12.6. The summed E-state index contributed by atoms with van der Waals surface area (Å²) in [6, 6.07) is 24.6.